The molecule has 2 aromatic rings. The maximum absolute atomic E-state index is 13.2. The van der Waals surface area contributed by atoms with E-state index in [-0.39, 0.29) is 24.2 Å². The van der Waals surface area contributed by atoms with Crippen LogP contribution in [0.15, 0.2) is 29.8 Å². The van der Waals surface area contributed by atoms with Crippen LogP contribution >= 0.6 is 11.3 Å². The van der Waals surface area contributed by atoms with Crippen molar-refractivity contribution in [2.24, 2.45) is 0 Å². The van der Waals surface area contributed by atoms with Crippen molar-refractivity contribution in [2.45, 2.75) is 12.5 Å². The number of carbonyl (C=O) groups excluding carboxylic acids is 1. The SMILES string of the molecule is CN1c2ccc(F)cc2OCC1CC(=O)Nc1nccs1. The summed E-state index contributed by atoms with van der Waals surface area (Å²) in [6.45, 7) is 0.345. The molecule has 7 heteroatoms. The number of nitrogens with zero attached hydrogens (tertiary/aromatic N) is 2. The van der Waals surface area contributed by atoms with E-state index in [0.717, 1.165) is 5.69 Å². The third-order valence-corrected chi connectivity index (χ3v) is 4.07. The molecule has 1 aliphatic rings. The van der Waals surface area contributed by atoms with Crippen LogP contribution < -0.4 is 15.0 Å². The summed E-state index contributed by atoms with van der Waals surface area (Å²) in [7, 11) is 1.88. The van der Waals surface area contributed by atoms with Gasteiger partial charge in [-0.1, -0.05) is 0 Å². The van der Waals surface area contributed by atoms with Gasteiger partial charge in [0.1, 0.15) is 18.2 Å². The quantitative estimate of drug-likeness (QED) is 0.946. The van der Waals surface area contributed by atoms with Crippen LogP contribution in [0, 0.1) is 5.82 Å². The second-order valence-electron chi connectivity index (χ2n) is 4.78. The number of benzene rings is 1. The van der Waals surface area contributed by atoms with Crippen molar-refractivity contribution >= 4 is 28.1 Å². The number of likely N-dealkylation sites (N-methyl/N-ethyl adjacent to an activating group) is 1. The molecule has 5 nitrogen and oxygen atoms in total. The Morgan fingerprint density at radius 2 is 2.48 bits per heavy atom. The molecule has 1 aliphatic heterocycles. The zero-order valence-corrected chi connectivity index (χ0v) is 12.2. The Labute approximate surface area is 125 Å². The number of hydrogen-bond donors (Lipinski definition) is 1. The van der Waals surface area contributed by atoms with Gasteiger partial charge in [0.05, 0.1) is 18.2 Å². The maximum atomic E-state index is 13.2. The second kappa shape index (κ2) is 5.69. The molecule has 110 valence electrons. The average Bonchev–Trinajstić information content (AvgIpc) is 2.94. The predicted octanol–water partition coefficient (Wildman–Crippen LogP) is 2.51. The minimum Gasteiger partial charge on any atom is -0.489 e. The van der Waals surface area contributed by atoms with Crippen LogP contribution in [0.5, 0.6) is 5.75 Å². The number of rotatable bonds is 3. The van der Waals surface area contributed by atoms with E-state index < -0.39 is 0 Å². The fourth-order valence-electron chi connectivity index (χ4n) is 2.25. The molecule has 1 aromatic carbocycles. The van der Waals surface area contributed by atoms with Gasteiger partial charge in [-0.2, -0.15) is 0 Å². The molecule has 1 N–H and O–H groups in total. The first-order valence-electron chi connectivity index (χ1n) is 6.48. The molecule has 0 saturated heterocycles. The number of halogens is 1. The Morgan fingerprint density at radius 3 is 3.24 bits per heavy atom. The highest BCUT2D eigenvalue weighted by Crippen LogP contribution is 2.34. The van der Waals surface area contributed by atoms with Crippen LogP contribution in [-0.2, 0) is 4.79 Å². The maximum Gasteiger partial charge on any atom is 0.228 e. The van der Waals surface area contributed by atoms with Gasteiger partial charge in [-0.15, -0.1) is 11.3 Å². The van der Waals surface area contributed by atoms with Gasteiger partial charge in [-0.05, 0) is 12.1 Å². The van der Waals surface area contributed by atoms with Crippen LogP contribution in [0.1, 0.15) is 6.42 Å². The Balaban J connectivity index is 1.67. The lowest BCUT2D eigenvalue weighted by Gasteiger charge is -2.35. The van der Waals surface area contributed by atoms with E-state index in [4.69, 9.17) is 4.74 Å². The van der Waals surface area contributed by atoms with E-state index in [1.807, 2.05) is 11.9 Å². The van der Waals surface area contributed by atoms with Crippen LogP contribution in [0.3, 0.4) is 0 Å². The predicted molar refractivity (Wildman–Crippen MR) is 79.4 cm³/mol. The first-order chi connectivity index (χ1) is 10.1. The topological polar surface area (TPSA) is 54.5 Å². The highest BCUT2D eigenvalue weighted by molar-refractivity contribution is 7.13. The molecule has 1 atom stereocenters. The van der Waals surface area contributed by atoms with Crippen molar-refractivity contribution in [1.29, 1.82) is 0 Å². The summed E-state index contributed by atoms with van der Waals surface area (Å²) < 4.78 is 18.7. The Hall–Kier alpha value is -2.15. The van der Waals surface area contributed by atoms with E-state index >= 15 is 0 Å². The number of ether oxygens (including phenoxy) is 1. The number of hydrogen-bond acceptors (Lipinski definition) is 5. The summed E-state index contributed by atoms with van der Waals surface area (Å²) in [6, 6.07) is 4.31. The fourth-order valence-corrected chi connectivity index (χ4v) is 2.80. The molecule has 0 fully saturated rings. The molecule has 21 heavy (non-hydrogen) atoms. The van der Waals surface area contributed by atoms with E-state index in [2.05, 4.69) is 10.3 Å². The highest BCUT2D eigenvalue weighted by atomic mass is 32.1. The molecule has 0 saturated carbocycles. The molecule has 1 amide bonds. The van der Waals surface area contributed by atoms with E-state index in [1.54, 1.807) is 17.6 Å². The summed E-state index contributed by atoms with van der Waals surface area (Å²) in [5.74, 6) is 0.0622. The van der Waals surface area contributed by atoms with Gasteiger partial charge in [-0.25, -0.2) is 9.37 Å². The lowest BCUT2D eigenvalue weighted by atomic mass is 10.1. The smallest absolute Gasteiger partial charge is 0.228 e. The van der Waals surface area contributed by atoms with Crippen LogP contribution in [0.2, 0.25) is 0 Å². The summed E-state index contributed by atoms with van der Waals surface area (Å²) in [5.41, 5.74) is 0.787. The van der Waals surface area contributed by atoms with E-state index in [9.17, 15) is 9.18 Å². The summed E-state index contributed by atoms with van der Waals surface area (Å²) in [6.07, 6.45) is 1.92. The minimum absolute atomic E-state index is 0.0945. The van der Waals surface area contributed by atoms with Crippen molar-refractivity contribution in [3.63, 3.8) is 0 Å². The van der Waals surface area contributed by atoms with Gasteiger partial charge in [0, 0.05) is 24.7 Å². The molecular weight excluding hydrogens is 293 g/mol. The van der Waals surface area contributed by atoms with Gasteiger partial charge in [0.25, 0.3) is 0 Å². The molecule has 1 aromatic heterocycles. The van der Waals surface area contributed by atoms with Gasteiger partial charge >= 0.3 is 0 Å². The number of anilines is 2. The molecular formula is C14H14FN3O2S. The molecule has 3 rings (SSSR count). The number of thiazole rings is 1. The third kappa shape index (κ3) is 2.97. The number of carbonyl (C=O) groups is 1. The lowest BCUT2D eigenvalue weighted by Crippen LogP contribution is -2.42. The number of aromatic nitrogens is 1. The van der Waals surface area contributed by atoms with Gasteiger partial charge in [0.2, 0.25) is 5.91 Å². The van der Waals surface area contributed by atoms with Crippen LogP contribution in [0.25, 0.3) is 0 Å². The van der Waals surface area contributed by atoms with Crippen LogP contribution in [-0.4, -0.2) is 30.6 Å². The van der Waals surface area contributed by atoms with Crippen molar-refractivity contribution in [1.82, 2.24) is 4.98 Å². The van der Waals surface area contributed by atoms with Gasteiger partial charge in [0.15, 0.2) is 5.13 Å². The fraction of sp³-hybridized carbons (Fsp3) is 0.286. The zero-order valence-electron chi connectivity index (χ0n) is 11.4. The lowest BCUT2D eigenvalue weighted by molar-refractivity contribution is -0.116. The Morgan fingerprint density at radius 1 is 1.62 bits per heavy atom. The van der Waals surface area contributed by atoms with Gasteiger partial charge < -0.3 is 15.0 Å². The monoisotopic (exact) mass is 307 g/mol. The summed E-state index contributed by atoms with van der Waals surface area (Å²) in [5, 5.41) is 5.14. The van der Waals surface area contributed by atoms with Gasteiger partial charge in [-0.3, -0.25) is 4.79 Å². The third-order valence-electron chi connectivity index (χ3n) is 3.38. The first kappa shape index (κ1) is 13.8. The summed E-state index contributed by atoms with van der Waals surface area (Å²) >= 11 is 1.37. The standard InChI is InChI=1S/C14H14FN3O2S/c1-18-10(7-13(19)17-14-16-4-5-21-14)8-20-12-6-9(15)2-3-11(12)18/h2-6,10H,7-8H2,1H3,(H,16,17,19). The Bertz CT molecular complexity index is 648. The summed E-state index contributed by atoms with van der Waals surface area (Å²) in [4.78, 5) is 18.0. The normalized spacial score (nSPS) is 17.0. The largest absolute Gasteiger partial charge is 0.489 e. The van der Waals surface area contributed by atoms with Crippen molar-refractivity contribution in [2.75, 3.05) is 23.9 Å². The molecule has 2 heterocycles. The zero-order chi connectivity index (χ0) is 14.8. The number of nitrogens with one attached hydrogen (secondary N) is 1. The molecule has 1 unspecified atom stereocenters. The molecule has 0 spiro atoms. The minimum atomic E-state index is -0.331. The average molecular weight is 307 g/mol. The van der Waals surface area contributed by atoms with E-state index in [1.165, 1.54) is 23.5 Å². The Kier molecular flexibility index (Phi) is 3.74. The first-order valence-corrected chi connectivity index (χ1v) is 7.36. The van der Waals surface area contributed by atoms with Crippen molar-refractivity contribution in [3.8, 4) is 5.75 Å². The highest BCUT2D eigenvalue weighted by Gasteiger charge is 2.27. The number of fused-ring (bicyclic) bond motifs is 1. The van der Waals surface area contributed by atoms with Crippen LogP contribution in [0.4, 0.5) is 15.2 Å². The second-order valence-corrected chi connectivity index (χ2v) is 5.67. The molecule has 0 bridgehead atoms. The van der Waals surface area contributed by atoms with Crippen molar-refractivity contribution in [3.05, 3.63) is 35.6 Å². The van der Waals surface area contributed by atoms with E-state index in [0.29, 0.717) is 17.5 Å². The van der Waals surface area contributed by atoms with Crippen molar-refractivity contribution < 1.29 is 13.9 Å². The number of amides is 1. The molecule has 0 aliphatic carbocycles. The molecule has 0 radical (unpaired) electrons.